The first kappa shape index (κ1) is 19.4. The molecule has 0 saturated heterocycles. The van der Waals surface area contributed by atoms with Gasteiger partial charge in [-0.3, -0.25) is 0 Å². The topological polar surface area (TPSA) is 78.6 Å². The number of hydrogen-bond acceptors (Lipinski definition) is 7. The second-order valence-electron chi connectivity index (χ2n) is 5.79. The fourth-order valence-electron chi connectivity index (χ4n) is 2.58. The van der Waals surface area contributed by atoms with E-state index in [1.54, 1.807) is 13.2 Å². The Morgan fingerprint density at radius 2 is 1.89 bits per heavy atom. The van der Waals surface area contributed by atoms with Crippen molar-refractivity contribution >= 4 is 5.69 Å². The summed E-state index contributed by atoms with van der Waals surface area (Å²) in [5.41, 5.74) is 2.48. The number of hydrogen-bond donors (Lipinski definition) is 1. The molecule has 0 aliphatic carbocycles. The van der Waals surface area contributed by atoms with Gasteiger partial charge in [-0.1, -0.05) is 5.16 Å². The Labute approximate surface area is 160 Å². The van der Waals surface area contributed by atoms with E-state index in [0.717, 1.165) is 17.0 Å². The average molecular weight is 391 g/mol. The van der Waals surface area contributed by atoms with Crippen molar-refractivity contribution in [2.24, 2.45) is 0 Å². The number of benzene rings is 2. The highest BCUT2D eigenvalue weighted by Crippen LogP contribution is 2.32. The smallest absolute Gasteiger partial charge is 0.387 e. The highest BCUT2D eigenvalue weighted by molar-refractivity contribution is 5.61. The first-order valence-electron chi connectivity index (χ1n) is 8.34. The molecule has 0 unspecified atom stereocenters. The molecule has 0 radical (unpaired) electrons. The molecule has 1 aromatic heterocycles. The molecule has 0 fully saturated rings. The molecular formula is C19H19F2N3O4. The van der Waals surface area contributed by atoms with E-state index in [1.165, 1.54) is 19.2 Å². The van der Waals surface area contributed by atoms with E-state index in [2.05, 4.69) is 20.2 Å². The van der Waals surface area contributed by atoms with E-state index >= 15 is 0 Å². The predicted octanol–water partition coefficient (Wildman–Crippen LogP) is 4.28. The Balaban J connectivity index is 1.71. The van der Waals surface area contributed by atoms with Crippen LogP contribution in [0.5, 0.6) is 17.2 Å². The summed E-state index contributed by atoms with van der Waals surface area (Å²) in [4.78, 5) is 4.32. The summed E-state index contributed by atoms with van der Waals surface area (Å²) in [6.07, 6.45) is 0. The Morgan fingerprint density at radius 3 is 2.57 bits per heavy atom. The zero-order valence-electron chi connectivity index (χ0n) is 15.5. The largest absolute Gasteiger partial charge is 0.497 e. The molecular weight excluding hydrogens is 372 g/mol. The second-order valence-corrected chi connectivity index (χ2v) is 5.79. The molecule has 0 aliphatic rings. The van der Waals surface area contributed by atoms with Crippen LogP contribution in [0.1, 0.15) is 11.5 Å². The first-order chi connectivity index (χ1) is 13.5. The third kappa shape index (κ3) is 4.48. The van der Waals surface area contributed by atoms with Crippen molar-refractivity contribution < 1.29 is 27.5 Å². The number of aromatic nitrogens is 2. The predicted molar refractivity (Wildman–Crippen MR) is 98.0 cm³/mol. The van der Waals surface area contributed by atoms with Gasteiger partial charge in [0.05, 0.1) is 20.8 Å². The molecule has 0 bridgehead atoms. The number of ether oxygens (including phenoxy) is 3. The van der Waals surface area contributed by atoms with Crippen molar-refractivity contribution in [3.05, 3.63) is 47.9 Å². The van der Waals surface area contributed by atoms with E-state index in [4.69, 9.17) is 14.0 Å². The van der Waals surface area contributed by atoms with Crippen molar-refractivity contribution in [2.75, 3.05) is 19.5 Å². The van der Waals surface area contributed by atoms with Crippen LogP contribution in [-0.4, -0.2) is 31.0 Å². The molecule has 1 heterocycles. The summed E-state index contributed by atoms with van der Waals surface area (Å²) in [7, 11) is 2.98. The van der Waals surface area contributed by atoms with E-state index in [1.807, 2.05) is 25.1 Å². The summed E-state index contributed by atoms with van der Waals surface area (Å²) in [5.74, 6) is 1.54. The molecule has 3 rings (SSSR count). The summed E-state index contributed by atoms with van der Waals surface area (Å²) in [6, 6.07) is 10.1. The van der Waals surface area contributed by atoms with Crippen LogP contribution in [0.25, 0.3) is 11.4 Å². The van der Waals surface area contributed by atoms with Gasteiger partial charge in [0.25, 0.3) is 0 Å². The Hall–Kier alpha value is -3.36. The van der Waals surface area contributed by atoms with E-state index in [-0.39, 0.29) is 11.5 Å². The molecule has 0 spiro atoms. The minimum absolute atomic E-state index is 0.0679. The fourth-order valence-corrected chi connectivity index (χ4v) is 2.58. The van der Waals surface area contributed by atoms with E-state index in [9.17, 15) is 8.78 Å². The van der Waals surface area contributed by atoms with Crippen LogP contribution in [0.4, 0.5) is 14.5 Å². The van der Waals surface area contributed by atoms with Crippen molar-refractivity contribution in [1.82, 2.24) is 10.1 Å². The number of aryl methyl sites for hydroxylation is 1. The normalized spacial score (nSPS) is 10.8. The fraction of sp³-hybridized carbons (Fsp3) is 0.263. The first-order valence-corrected chi connectivity index (χ1v) is 8.34. The van der Waals surface area contributed by atoms with Gasteiger partial charge < -0.3 is 24.1 Å². The Bertz CT molecular complexity index is 947. The van der Waals surface area contributed by atoms with Gasteiger partial charge in [0.15, 0.2) is 11.5 Å². The molecule has 0 saturated carbocycles. The van der Waals surface area contributed by atoms with Gasteiger partial charge in [0, 0.05) is 11.3 Å². The van der Waals surface area contributed by atoms with Gasteiger partial charge in [0.2, 0.25) is 11.7 Å². The molecule has 3 aromatic rings. The summed E-state index contributed by atoms with van der Waals surface area (Å²) < 4.78 is 44.8. The third-order valence-electron chi connectivity index (χ3n) is 3.97. The highest BCUT2D eigenvalue weighted by atomic mass is 19.3. The van der Waals surface area contributed by atoms with Crippen molar-refractivity contribution in [3.8, 4) is 28.6 Å². The Morgan fingerprint density at radius 1 is 1.07 bits per heavy atom. The van der Waals surface area contributed by atoms with Crippen LogP contribution in [0.3, 0.4) is 0 Å². The quantitative estimate of drug-likeness (QED) is 0.614. The molecule has 148 valence electrons. The summed E-state index contributed by atoms with van der Waals surface area (Å²) in [5, 5.41) is 7.14. The SMILES string of the molecule is COc1ccc(NCc2nc(-c3ccc(OC(F)F)c(OC)c3)no2)c(C)c1. The number of alkyl halides is 2. The third-order valence-corrected chi connectivity index (χ3v) is 3.97. The highest BCUT2D eigenvalue weighted by Gasteiger charge is 2.15. The molecule has 7 nitrogen and oxygen atoms in total. The molecule has 28 heavy (non-hydrogen) atoms. The monoisotopic (exact) mass is 391 g/mol. The zero-order chi connectivity index (χ0) is 20.1. The standard InChI is InChI=1S/C19H19F2N3O4/c1-11-8-13(25-2)5-6-14(11)22-10-17-23-18(24-28-17)12-4-7-15(27-19(20)21)16(9-12)26-3/h4-9,19,22H,10H2,1-3H3. The molecule has 2 aromatic carbocycles. The number of rotatable bonds is 8. The molecule has 1 N–H and O–H groups in total. The van der Waals surface area contributed by atoms with Gasteiger partial charge in [-0.15, -0.1) is 0 Å². The number of anilines is 1. The van der Waals surface area contributed by atoms with E-state index in [0.29, 0.717) is 23.8 Å². The van der Waals surface area contributed by atoms with Crippen molar-refractivity contribution in [2.45, 2.75) is 20.1 Å². The average Bonchev–Trinajstić information content (AvgIpc) is 3.15. The number of nitrogens with zero attached hydrogens (tertiary/aromatic N) is 2. The van der Waals surface area contributed by atoms with Crippen LogP contribution in [0.15, 0.2) is 40.9 Å². The number of methoxy groups -OCH3 is 2. The van der Waals surface area contributed by atoms with Crippen molar-refractivity contribution in [3.63, 3.8) is 0 Å². The van der Waals surface area contributed by atoms with Gasteiger partial charge >= 0.3 is 6.61 Å². The van der Waals surface area contributed by atoms with Crippen LogP contribution in [0.2, 0.25) is 0 Å². The van der Waals surface area contributed by atoms with Gasteiger partial charge in [-0.25, -0.2) is 0 Å². The van der Waals surface area contributed by atoms with Crippen LogP contribution in [-0.2, 0) is 6.54 Å². The summed E-state index contributed by atoms with van der Waals surface area (Å²) in [6.45, 7) is -0.660. The maximum atomic E-state index is 12.4. The lowest BCUT2D eigenvalue weighted by Gasteiger charge is -2.10. The lowest BCUT2D eigenvalue weighted by atomic mass is 10.2. The minimum Gasteiger partial charge on any atom is -0.497 e. The van der Waals surface area contributed by atoms with Crippen molar-refractivity contribution in [1.29, 1.82) is 0 Å². The maximum Gasteiger partial charge on any atom is 0.387 e. The maximum absolute atomic E-state index is 12.4. The van der Waals surface area contributed by atoms with Gasteiger partial charge in [-0.2, -0.15) is 13.8 Å². The van der Waals surface area contributed by atoms with Crippen LogP contribution < -0.4 is 19.5 Å². The zero-order valence-corrected chi connectivity index (χ0v) is 15.5. The molecule has 0 aliphatic heterocycles. The summed E-state index contributed by atoms with van der Waals surface area (Å²) >= 11 is 0. The van der Waals surface area contributed by atoms with Gasteiger partial charge in [0.1, 0.15) is 5.75 Å². The van der Waals surface area contributed by atoms with Crippen LogP contribution in [0, 0.1) is 6.92 Å². The number of nitrogens with one attached hydrogen (secondary N) is 1. The van der Waals surface area contributed by atoms with Crippen LogP contribution >= 0.6 is 0 Å². The van der Waals surface area contributed by atoms with Gasteiger partial charge in [-0.05, 0) is 48.9 Å². The minimum atomic E-state index is -2.94. The Kier molecular flexibility index (Phi) is 5.93. The van der Waals surface area contributed by atoms with E-state index < -0.39 is 6.61 Å². The molecule has 0 atom stereocenters. The number of halogens is 2. The lowest BCUT2D eigenvalue weighted by Crippen LogP contribution is -2.03. The molecule has 0 amide bonds. The second kappa shape index (κ2) is 8.55. The molecule has 9 heteroatoms. The lowest BCUT2D eigenvalue weighted by molar-refractivity contribution is -0.0512.